The van der Waals surface area contributed by atoms with E-state index in [0.29, 0.717) is 25.6 Å². The normalized spacial score (nSPS) is 27.3. The zero-order valence-electron chi connectivity index (χ0n) is 15.5. The lowest BCUT2D eigenvalue weighted by Crippen LogP contribution is -2.41. The highest BCUT2D eigenvalue weighted by molar-refractivity contribution is 7.11. The lowest BCUT2D eigenvalue weighted by Gasteiger charge is -2.25. The summed E-state index contributed by atoms with van der Waals surface area (Å²) in [6, 6.07) is 4.45. The number of hydrogen-bond acceptors (Lipinski definition) is 5. The number of carbonyl (C=O) groups is 1. The number of fused-ring (bicyclic) bond motifs is 1. The second kappa shape index (κ2) is 7.74. The van der Waals surface area contributed by atoms with Crippen LogP contribution in [0, 0.1) is 17.3 Å². The molecule has 25 heavy (non-hydrogen) atoms. The van der Waals surface area contributed by atoms with Crippen LogP contribution in [0.25, 0.3) is 0 Å². The molecule has 2 saturated heterocycles. The van der Waals surface area contributed by atoms with Crippen molar-refractivity contribution in [2.75, 3.05) is 46.4 Å². The van der Waals surface area contributed by atoms with Gasteiger partial charge >= 0.3 is 5.97 Å². The van der Waals surface area contributed by atoms with Crippen LogP contribution < -0.4 is 0 Å². The molecule has 1 aromatic rings. The van der Waals surface area contributed by atoms with Crippen molar-refractivity contribution >= 4 is 17.3 Å². The number of aliphatic carboxylic acids is 1. The van der Waals surface area contributed by atoms with Gasteiger partial charge in [-0.3, -0.25) is 14.6 Å². The summed E-state index contributed by atoms with van der Waals surface area (Å²) in [7, 11) is 1.69. The zero-order valence-corrected chi connectivity index (χ0v) is 16.3. The summed E-state index contributed by atoms with van der Waals surface area (Å²) in [5.41, 5.74) is -0.605. The molecule has 2 aliphatic heterocycles. The van der Waals surface area contributed by atoms with Crippen LogP contribution in [0.3, 0.4) is 0 Å². The number of carboxylic acids is 1. The molecule has 3 rings (SSSR count). The van der Waals surface area contributed by atoms with Crippen molar-refractivity contribution in [1.82, 2.24) is 9.80 Å². The van der Waals surface area contributed by atoms with E-state index in [1.165, 1.54) is 9.75 Å². The van der Waals surface area contributed by atoms with Crippen molar-refractivity contribution in [1.29, 1.82) is 0 Å². The van der Waals surface area contributed by atoms with Gasteiger partial charge in [-0.2, -0.15) is 0 Å². The van der Waals surface area contributed by atoms with Gasteiger partial charge in [0.25, 0.3) is 0 Å². The van der Waals surface area contributed by atoms with Crippen LogP contribution in [0.2, 0.25) is 0 Å². The Kier molecular flexibility index (Phi) is 5.83. The van der Waals surface area contributed by atoms with Crippen molar-refractivity contribution < 1.29 is 14.6 Å². The molecule has 140 valence electrons. The third-order valence-corrected chi connectivity index (χ3v) is 6.59. The van der Waals surface area contributed by atoms with Crippen molar-refractivity contribution in [2.24, 2.45) is 17.3 Å². The highest BCUT2D eigenvalue weighted by atomic mass is 32.1. The molecule has 0 spiro atoms. The first kappa shape index (κ1) is 18.8. The van der Waals surface area contributed by atoms with Gasteiger partial charge in [0.05, 0.1) is 12.0 Å². The summed E-state index contributed by atoms with van der Waals surface area (Å²) in [5, 5.41) is 9.92. The number of thiophene rings is 1. The second-order valence-electron chi connectivity index (χ2n) is 8.02. The third-order valence-electron chi connectivity index (χ3n) is 5.49. The summed E-state index contributed by atoms with van der Waals surface area (Å²) in [6.07, 6.45) is 1.13. The van der Waals surface area contributed by atoms with E-state index < -0.39 is 11.4 Å². The Morgan fingerprint density at radius 2 is 2.00 bits per heavy atom. The van der Waals surface area contributed by atoms with E-state index in [1.807, 2.05) is 11.3 Å². The molecule has 2 fully saturated rings. The summed E-state index contributed by atoms with van der Waals surface area (Å²) in [4.78, 5) is 19.5. The van der Waals surface area contributed by atoms with Gasteiger partial charge in [-0.05, 0) is 24.5 Å². The Morgan fingerprint density at radius 3 is 2.64 bits per heavy atom. The molecule has 5 nitrogen and oxygen atoms in total. The molecular weight excluding hydrogens is 336 g/mol. The average Bonchev–Trinajstić information content (AvgIpc) is 3.18. The number of hydrogen-bond donors (Lipinski definition) is 1. The molecule has 2 aliphatic rings. The van der Waals surface area contributed by atoms with Crippen LogP contribution >= 0.6 is 11.3 Å². The summed E-state index contributed by atoms with van der Waals surface area (Å²) in [5.74, 6) is 0.259. The van der Waals surface area contributed by atoms with Gasteiger partial charge in [0.1, 0.15) is 0 Å². The number of methoxy groups -OCH3 is 1. The molecule has 1 N–H and O–H groups in total. The van der Waals surface area contributed by atoms with Crippen LogP contribution in [-0.2, 0) is 22.5 Å². The Labute approximate surface area is 154 Å². The summed E-state index contributed by atoms with van der Waals surface area (Å²) < 4.78 is 5.15. The molecule has 6 heteroatoms. The van der Waals surface area contributed by atoms with E-state index in [0.717, 1.165) is 32.6 Å². The first-order chi connectivity index (χ1) is 11.9. The maximum absolute atomic E-state index is 12.1. The lowest BCUT2D eigenvalue weighted by molar-refractivity contribution is -0.149. The molecule has 0 radical (unpaired) electrons. The molecular formula is C19H30N2O3S. The minimum atomic E-state index is -0.633. The van der Waals surface area contributed by atoms with Crippen LogP contribution in [-0.4, -0.2) is 67.3 Å². The maximum Gasteiger partial charge on any atom is 0.312 e. The van der Waals surface area contributed by atoms with Crippen LogP contribution in [0.1, 0.15) is 23.6 Å². The van der Waals surface area contributed by atoms with Crippen molar-refractivity contribution in [3.05, 3.63) is 21.9 Å². The summed E-state index contributed by atoms with van der Waals surface area (Å²) >= 11 is 1.88. The molecule has 0 aromatic carbocycles. The van der Waals surface area contributed by atoms with Crippen molar-refractivity contribution in [2.45, 2.75) is 26.8 Å². The predicted octanol–water partition coefficient (Wildman–Crippen LogP) is 2.41. The van der Waals surface area contributed by atoms with Gasteiger partial charge < -0.3 is 9.84 Å². The topological polar surface area (TPSA) is 53.0 Å². The number of likely N-dealkylation sites (tertiary alicyclic amines) is 2. The van der Waals surface area contributed by atoms with E-state index in [-0.39, 0.29) is 5.92 Å². The SMILES string of the molecule is COCCN1C[C@H]2CN(Cc3ccc(CC(C)C)s3)C[C@@]2(C(=O)O)C1. The minimum Gasteiger partial charge on any atom is -0.481 e. The summed E-state index contributed by atoms with van der Waals surface area (Å²) in [6.45, 7) is 9.92. The fourth-order valence-electron chi connectivity index (χ4n) is 4.33. The second-order valence-corrected chi connectivity index (χ2v) is 9.27. The molecule has 0 amide bonds. The zero-order chi connectivity index (χ0) is 18.0. The predicted molar refractivity (Wildman–Crippen MR) is 100 cm³/mol. The van der Waals surface area contributed by atoms with Gasteiger partial charge in [-0.15, -0.1) is 11.3 Å². The minimum absolute atomic E-state index is 0.219. The first-order valence-electron chi connectivity index (χ1n) is 9.17. The van der Waals surface area contributed by atoms with Gasteiger partial charge in [0.15, 0.2) is 0 Å². The molecule has 0 bridgehead atoms. The first-order valence-corrected chi connectivity index (χ1v) is 9.99. The lowest BCUT2D eigenvalue weighted by atomic mass is 9.81. The van der Waals surface area contributed by atoms with E-state index in [4.69, 9.17) is 4.74 Å². The standard InChI is InChI=1S/C19H30N2O3S/c1-14(2)8-16-4-5-17(25-16)11-21-10-15-9-20(6-7-24-3)12-19(15,13-21)18(22)23/h4-5,14-15H,6-13H2,1-3H3,(H,22,23)/t15-,19-/m0/s1. The quantitative estimate of drug-likeness (QED) is 0.766. The Bertz CT molecular complexity index is 603. The van der Waals surface area contributed by atoms with Crippen molar-refractivity contribution in [3.63, 3.8) is 0 Å². The van der Waals surface area contributed by atoms with Crippen LogP contribution in [0.4, 0.5) is 0 Å². The molecule has 3 heterocycles. The Morgan fingerprint density at radius 1 is 1.32 bits per heavy atom. The molecule has 1 aromatic heterocycles. The highest BCUT2D eigenvalue weighted by Gasteiger charge is 2.57. The van der Waals surface area contributed by atoms with E-state index in [9.17, 15) is 9.90 Å². The van der Waals surface area contributed by atoms with Crippen LogP contribution in [0.5, 0.6) is 0 Å². The maximum atomic E-state index is 12.1. The van der Waals surface area contributed by atoms with Crippen molar-refractivity contribution in [3.8, 4) is 0 Å². The average molecular weight is 367 g/mol. The fraction of sp³-hybridized carbons (Fsp3) is 0.737. The monoisotopic (exact) mass is 366 g/mol. The third kappa shape index (κ3) is 4.08. The molecule has 2 atom stereocenters. The van der Waals surface area contributed by atoms with Crippen LogP contribution in [0.15, 0.2) is 12.1 Å². The molecule has 0 aliphatic carbocycles. The van der Waals surface area contributed by atoms with E-state index in [1.54, 1.807) is 7.11 Å². The number of nitrogens with zero attached hydrogens (tertiary/aromatic N) is 2. The van der Waals surface area contributed by atoms with Gasteiger partial charge in [0.2, 0.25) is 0 Å². The van der Waals surface area contributed by atoms with Gasteiger partial charge in [0, 0.05) is 62.1 Å². The van der Waals surface area contributed by atoms with E-state index in [2.05, 4.69) is 35.8 Å². The van der Waals surface area contributed by atoms with Gasteiger partial charge in [-0.1, -0.05) is 13.8 Å². The van der Waals surface area contributed by atoms with Gasteiger partial charge in [-0.25, -0.2) is 0 Å². The Balaban J connectivity index is 1.62. The molecule has 0 unspecified atom stereocenters. The smallest absolute Gasteiger partial charge is 0.312 e. The number of carboxylic acid groups (broad SMARTS) is 1. The van der Waals surface area contributed by atoms with E-state index >= 15 is 0 Å². The fourth-order valence-corrected chi connectivity index (χ4v) is 5.60. The molecule has 0 saturated carbocycles. The Hall–Kier alpha value is -0.950. The number of rotatable bonds is 8. The largest absolute Gasteiger partial charge is 0.481 e. The number of ether oxygens (including phenoxy) is 1. The highest BCUT2D eigenvalue weighted by Crippen LogP contribution is 2.43.